The molecule has 0 atom stereocenters. The lowest BCUT2D eigenvalue weighted by atomic mass is 10.1. The molecule has 2 aromatic carbocycles. The van der Waals surface area contributed by atoms with Gasteiger partial charge in [0, 0.05) is 30.1 Å². The summed E-state index contributed by atoms with van der Waals surface area (Å²) in [6, 6.07) is 10.5. The molecule has 5 heteroatoms. The van der Waals surface area contributed by atoms with Gasteiger partial charge >= 0.3 is 0 Å². The fourth-order valence-electron chi connectivity index (χ4n) is 2.30. The van der Waals surface area contributed by atoms with Crippen molar-refractivity contribution in [1.29, 1.82) is 0 Å². The van der Waals surface area contributed by atoms with Crippen molar-refractivity contribution in [2.45, 2.75) is 18.7 Å². The van der Waals surface area contributed by atoms with Crippen molar-refractivity contribution >= 4 is 26.5 Å². The minimum atomic E-state index is -3.50. The van der Waals surface area contributed by atoms with E-state index in [2.05, 4.69) is 0 Å². The van der Waals surface area contributed by atoms with Crippen LogP contribution in [0.15, 0.2) is 41.3 Å². The van der Waals surface area contributed by atoms with Gasteiger partial charge in [-0.1, -0.05) is 38.1 Å². The van der Waals surface area contributed by atoms with E-state index in [0.717, 1.165) is 5.39 Å². The minimum Gasteiger partial charge on any atom is -0.398 e. The van der Waals surface area contributed by atoms with Crippen LogP contribution in [-0.4, -0.2) is 26.3 Å². The first-order valence-electron chi connectivity index (χ1n) is 6.57. The molecular formula is C15H20N2O2S. The zero-order valence-corrected chi connectivity index (χ0v) is 12.8. The highest BCUT2D eigenvalue weighted by molar-refractivity contribution is 7.89. The molecule has 0 amide bonds. The van der Waals surface area contributed by atoms with Crippen LogP contribution in [0, 0.1) is 5.92 Å². The van der Waals surface area contributed by atoms with Crippen LogP contribution < -0.4 is 5.73 Å². The molecule has 0 aliphatic rings. The second-order valence-corrected chi connectivity index (χ2v) is 7.39. The van der Waals surface area contributed by atoms with Gasteiger partial charge in [-0.3, -0.25) is 0 Å². The van der Waals surface area contributed by atoms with Crippen LogP contribution in [0.25, 0.3) is 10.8 Å². The molecule has 20 heavy (non-hydrogen) atoms. The topological polar surface area (TPSA) is 63.4 Å². The van der Waals surface area contributed by atoms with E-state index in [-0.39, 0.29) is 5.92 Å². The average Bonchev–Trinajstić information content (AvgIpc) is 2.38. The summed E-state index contributed by atoms with van der Waals surface area (Å²) in [7, 11) is -1.89. The van der Waals surface area contributed by atoms with Crippen molar-refractivity contribution in [1.82, 2.24) is 4.31 Å². The Kier molecular flexibility index (Phi) is 4.01. The van der Waals surface area contributed by atoms with E-state index < -0.39 is 10.0 Å². The molecular weight excluding hydrogens is 272 g/mol. The fraction of sp³-hybridized carbons (Fsp3) is 0.333. The van der Waals surface area contributed by atoms with Crippen LogP contribution in [-0.2, 0) is 10.0 Å². The smallest absolute Gasteiger partial charge is 0.243 e. The molecule has 0 saturated heterocycles. The number of hydrogen-bond acceptors (Lipinski definition) is 3. The van der Waals surface area contributed by atoms with Gasteiger partial charge in [0.2, 0.25) is 10.0 Å². The predicted molar refractivity (Wildman–Crippen MR) is 83.0 cm³/mol. The molecule has 0 bridgehead atoms. The number of nitrogen functional groups attached to an aromatic ring is 1. The maximum absolute atomic E-state index is 12.7. The highest BCUT2D eigenvalue weighted by Gasteiger charge is 2.23. The summed E-state index contributed by atoms with van der Waals surface area (Å²) in [5.74, 6) is 0.273. The summed E-state index contributed by atoms with van der Waals surface area (Å²) in [4.78, 5) is 0.311. The molecule has 0 unspecified atom stereocenters. The first kappa shape index (κ1) is 14.8. The van der Waals surface area contributed by atoms with Crippen LogP contribution in [0.2, 0.25) is 0 Å². The average molecular weight is 292 g/mol. The molecule has 2 N–H and O–H groups in total. The molecule has 2 rings (SSSR count). The molecule has 0 heterocycles. The molecule has 2 aromatic rings. The number of rotatable bonds is 4. The van der Waals surface area contributed by atoms with Crippen molar-refractivity contribution < 1.29 is 8.42 Å². The first-order valence-corrected chi connectivity index (χ1v) is 8.01. The Hall–Kier alpha value is -1.59. The van der Waals surface area contributed by atoms with Gasteiger partial charge in [0.25, 0.3) is 0 Å². The minimum absolute atomic E-state index is 0.273. The van der Waals surface area contributed by atoms with Crippen LogP contribution in [0.3, 0.4) is 0 Å². The van der Waals surface area contributed by atoms with Gasteiger partial charge in [0.05, 0.1) is 4.90 Å². The lowest BCUT2D eigenvalue weighted by Gasteiger charge is -2.20. The maximum atomic E-state index is 12.7. The van der Waals surface area contributed by atoms with Crippen LogP contribution >= 0.6 is 0 Å². The van der Waals surface area contributed by atoms with E-state index >= 15 is 0 Å². The third-order valence-corrected chi connectivity index (χ3v) is 5.11. The van der Waals surface area contributed by atoms with E-state index in [1.54, 1.807) is 25.2 Å². The summed E-state index contributed by atoms with van der Waals surface area (Å²) >= 11 is 0. The zero-order chi connectivity index (χ0) is 14.9. The van der Waals surface area contributed by atoms with Gasteiger partial charge in [-0.15, -0.1) is 0 Å². The van der Waals surface area contributed by atoms with Gasteiger partial charge in [0.1, 0.15) is 0 Å². The van der Waals surface area contributed by atoms with Gasteiger partial charge in [0.15, 0.2) is 0 Å². The molecule has 0 aromatic heterocycles. The van der Waals surface area contributed by atoms with E-state index in [1.807, 2.05) is 32.0 Å². The Labute approximate surface area is 120 Å². The summed E-state index contributed by atoms with van der Waals surface area (Å²) < 4.78 is 26.8. The monoisotopic (exact) mass is 292 g/mol. The van der Waals surface area contributed by atoms with E-state index in [4.69, 9.17) is 5.73 Å². The third-order valence-electron chi connectivity index (χ3n) is 3.23. The number of anilines is 1. The van der Waals surface area contributed by atoms with Crippen molar-refractivity contribution in [3.63, 3.8) is 0 Å². The quantitative estimate of drug-likeness (QED) is 0.881. The second-order valence-electron chi connectivity index (χ2n) is 5.38. The highest BCUT2D eigenvalue weighted by Crippen LogP contribution is 2.29. The van der Waals surface area contributed by atoms with Gasteiger partial charge in [-0.2, -0.15) is 0 Å². The first-order chi connectivity index (χ1) is 9.34. The second kappa shape index (κ2) is 5.42. The molecule has 4 nitrogen and oxygen atoms in total. The van der Waals surface area contributed by atoms with E-state index in [1.165, 1.54) is 4.31 Å². The van der Waals surface area contributed by atoms with Crippen molar-refractivity contribution in [2.75, 3.05) is 19.3 Å². The summed E-state index contributed by atoms with van der Waals surface area (Å²) in [5.41, 5.74) is 6.51. The Morgan fingerprint density at radius 2 is 1.70 bits per heavy atom. The Balaban J connectivity index is 2.61. The Morgan fingerprint density at radius 3 is 2.30 bits per heavy atom. The van der Waals surface area contributed by atoms with Crippen molar-refractivity contribution in [2.24, 2.45) is 5.92 Å². The van der Waals surface area contributed by atoms with Gasteiger partial charge in [-0.05, 0) is 18.1 Å². The third kappa shape index (κ3) is 2.64. The maximum Gasteiger partial charge on any atom is 0.243 e. The van der Waals surface area contributed by atoms with E-state index in [9.17, 15) is 8.42 Å². The largest absolute Gasteiger partial charge is 0.398 e. The SMILES string of the molecule is CC(C)CN(C)S(=O)(=O)c1ccc(N)c2ccccc12. The predicted octanol–water partition coefficient (Wildman–Crippen LogP) is 2.70. The number of nitrogens with two attached hydrogens (primary N) is 1. The number of sulfonamides is 1. The molecule has 0 fully saturated rings. The van der Waals surface area contributed by atoms with Crippen molar-refractivity contribution in [3.05, 3.63) is 36.4 Å². The lowest BCUT2D eigenvalue weighted by Crippen LogP contribution is -2.30. The van der Waals surface area contributed by atoms with E-state index in [0.29, 0.717) is 22.5 Å². The molecule has 0 aliphatic heterocycles. The molecule has 0 aliphatic carbocycles. The number of nitrogens with zero attached hydrogens (tertiary/aromatic N) is 1. The van der Waals surface area contributed by atoms with Crippen LogP contribution in [0.1, 0.15) is 13.8 Å². The Morgan fingerprint density at radius 1 is 1.10 bits per heavy atom. The highest BCUT2D eigenvalue weighted by atomic mass is 32.2. The zero-order valence-electron chi connectivity index (χ0n) is 12.0. The molecule has 0 saturated carbocycles. The number of benzene rings is 2. The van der Waals surface area contributed by atoms with Crippen LogP contribution in [0.5, 0.6) is 0 Å². The standard InChI is InChI=1S/C15H20N2O2S/c1-11(2)10-17(3)20(18,19)15-9-8-14(16)12-6-4-5-7-13(12)15/h4-9,11H,10,16H2,1-3H3. The molecule has 108 valence electrons. The van der Waals surface area contributed by atoms with Crippen LogP contribution in [0.4, 0.5) is 5.69 Å². The summed E-state index contributed by atoms with van der Waals surface area (Å²) in [5, 5.41) is 1.44. The summed E-state index contributed by atoms with van der Waals surface area (Å²) in [6.45, 7) is 4.47. The van der Waals surface area contributed by atoms with Gasteiger partial charge in [-0.25, -0.2) is 12.7 Å². The Bertz CT molecular complexity index is 724. The molecule has 0 spiro atoms. The fourth-order valence-corrected chi connectivity index (χ4v) is 3.83. The normalized spacial score (nSPS) is 12.4. The summed E-state index contributed by atoms with van der Waals surface area (Å²) in [6.07, 6.45) is 0. The number of hydrogen-bond donors (Lipinski definition) is 1. The van der Waals surface area contributed by atoms with Crippen molar-refractivity contribution in [3.8, 4) is 0 Å². The lowest BCUT2D eigenvalue weighted by molar-refractivity contribution is 0.417. The number of fused-ring (bicyclic) bond motifs is 1. The van der Waals surface area contributed by atoms with Gasteiger partial charge < -0.3 is 5.73 Å². The molecule has 0 radical (unpaired) electrons.